The van der Waals surface area contributed by atoms with E-state index in [1.165, 1.54) is 6.42 Å². The van der Waals surface area contributed by atoms with Crippen LogP contribution in [-0.4, -0.2) is 17.1 Å². The van der Waals surface area contributed by atoms with Gasteiger partial charge in [-0.3, -0.25) is 4.79 Å². The molecule has 0 aliphatic heterocycles. The Morgan fingerprint density at radius 1 is 1.40 bits per heavy atom. The van der Waals surface area contributed by atoms with Crippen molar-refractivity contribution in [2.75, 3.05) is 0 Å². The summed E-state index contributed by atoms with van der Waals surface area (Å²) in [6, 6.07) is 0. The maximum Gasteiger partial charge on any atom is 0.326 e. The van der Waals surface area contributed by atoms with Gasteiger partial charge in [-0.1, -0.05) is 19.8 Å². The molecule has 0 aromatic heterocycles. The first-order valence-corrected chi connectivity index (χ1v) is 5.78. The van der Waals surface area contributed by atoms with Crippen molar-refractivity contribution in [3.63, 3.8) is 0 Å². The molecule has 2 N–H and O–H groups in total. The van der Waals surface area contributed by atoms with E-state index in [4.69, 9.17) is 10.5 Å². The van der Waals surface area contributed by atoms with Crippen molar-refractivity contribution in [1.29, 1.82) is 0 Å². The zero-order valence-electron chi connectivity index (χ0n) is 10.3. The molecule has 1 rings (SSSR count). The zero-order chi connectivity index (χ0) is 11.7. The predicted molar refractivity (Wildman–Crippen MR) is 60.4 cm³/mol. The average molecular weight is 213 g/mol. The average Bonchev–Trinajstić information content (AvgIpc) is 2.07. The molecule has 0 heterocycles. The number of rotatable bonds is 1. The number of ether oxygens (including phenoxy) is 1. The van der Waals surface area contributed by atoms with E-state index < -0.39 is 11.1 Å². The molecule has 1 aliphatic carbocycles. The van der Waals surface area contributed by atoms with Gasteiger partial charge < -0.3 is 10.5 Å². The fourth-order valence-corrected chi connectivity index (χ4v) is 2.05. The molecule has 3 nitrogen and oxygen atoms in total. The molecule has 0 amide bonds. The van der Waals surface area contributed by atoms with Gasteiger partial charge in [0.05, 0.1) is 0 Å². The van der Waals surface area contributed by atoms with Gasteiger partial charge >= 0.3 is 5.97 Å². The van der Waals surface area contributed by atoms with Gasteiger partial charge in [0.15, 0.2) is 0 Å². The minimum absolute atomic E-state index is 0.223. The van der Waals surface area contributed by atoms with E-state index in [0.717, 1.165) is 19.3 Å². The van der Waals surface area contributed by atoms with Crippen LogP contribution in [0, 0.1) is 5.92 Å². The summed E-state index contributed by atoms with van der Waals surface area (Å²) in [5.74, 6) is -0.0108. The normalized spacial score (nSPS) is 32.5. The second-order valence-corrected chi connectivity index (χ2v) is 5.69. The highest BCUT2D eigenvalue weighted by Gasteiger charge is 2.43. The van der Waals surface area contributed by atoms with Crippen LogP contribution in [-0.2, 0) is 9.53 Å². The highest BCUT2D eigenvalue weighted by Crippen LogP contribution is 2.33. The van der Waals surface area contributed by atoms with Gasteiger partial charge in [0, 0.05) is 0 Å². The second-order valence-electron chi connectivity index (χ2n) is 5.69. The van der Waals surface area contributed by atoms with Crippen LogP contribution >= 0.6 is 0 Å². The first-order valence-electron chi connectivity index (χ1n) is 5.78. The molecule has 0 aromatic rings. The van der Waals surface area contributed by atoms with Crippen LogP contribution in [0.2, 0.25) is 0 Å². The highest BCUT2D eigenvalue weighted by molar-refractivity contribution is 5.81. The summed E-state index contributed by atoms with van der Waals surface area (Å²) < 4.78 is 5.39. The van der Waals surface area contributed by atoms with E-state index in [2.05, 4.69) is 0 Å². The van der Waals surface area contributed by atoms with Crippen LogP contribution in [0.15, 0.2) is 0 Å². The molecule has 0 spiro atoms. The summed E-state index contributed by atoms with van der Waals surface area (Å²) in [5, 5.41) is 0. The van der Waals surface area contributed by atoms with Gasteiger partial charge in [-0.25, -0.2) is 0 Å². The molecule has 1 fully saturated rings. The number of carbonyl (C=O) groups is 1. The van der Waals surface area contributed by atoms with Crippen molar-refractivity contribution in [2.24, 2.45) is 11.7 Å². The van der Waals surface area contributed by atoms with Crippen molar-refractivity contribution in [3.05, 3.63) is 0 Å². The van der Waals surface area contributed by atoms with Crippen LogP contribution in [0.25, 0.3) is 0 Å². The van der Waals surface area contributed by atoms with Gasteiger partial charge in [0.1, 0.15) is 11.1 Å². The van der Waals surface area contributed by atoms with Crippen LogP contribution in [0.4, 0.5) is 0 Å². The lowest BCUT2D eigenvalue weighted by atomic mass is 9.74. The first-order chi connectivity index (χ1) is 6.76. The zero-order valence-corrected chi connectivity index (χ0v) is 10.3. The Morgan fingerprint density at radius 2 is 2.00 bits per heavy atom. The summed E-state index contributed by atoms with van der Waals surface area (Å²) in [6.07, 6.45) is 3.97. The lowest BCUT2D eigenvalue weighted by molar-refractivity contribution is -0.165. The third-order valence-electron chi connectivity index (χ3n) is 3.14. The van der Waals surface area contributed by atoms with Crippen molar-refractivity contribution >= 4 is 5.97 Å². The predicted octanol–water partition coefficient (Wildman–Crippen LogP) is 2.24. The number of nitrogens with two attached hydrogens (primary N) is 1. The Hall–Kier alpha value is -0.570. The monoisotopic (exact) mass is 213 g/mol. The quantitative estimate of drug-likeness (QED) is 0.680. The first kappa shape index (κ1) is 12.5. The van der Waals surface area contributed by atoms with E-state index in [9.17, 15) is 4.79 Å². The summed E-state index contributed by atoms with van der Waals surface area (Å²) in [5.41, 5.74) is 4.98. The molecule has 0 unspecified atom stereocenters. The summed E-state index contributed by atoms with van der Waals surface area (Å²) >= 11 is 0. The van der Waals surface area contributed by atoms with Gasteiger partial charge in [0.25, 0.3) is 0 Å². The van der Waals surface area contributed by atoms with Gasteiger partial charge in [-0.15, -0.1) is 0 Å². The van der Waals surface area contributed by atoms with E-state index in [1.807, 2.05) is 27.7 Å². The molecular weight excluding hydrogens is 190 g/mol. The standard InChI is InChI=1S/C12H23NO2/c1-9-7-5-6-8-12(9,13)10(14)15-11(2,3)4/h9H,5-8,13H2,1-4H3/t9-,12+/m1/s1. The maximum atomic E-state index is 12.0. The largest absolute Gasteiger partial charge is 0.459 e. The van der Waals surface area contributed by atoms with Crippen molar-refractivity contribution < 1.29 is 9.53 Å². The third-order valence-corrected chi connectivity index (χ3v) is 3.14. The molecule has 1 aliphatic rings. The van der Waals surface area contributed by atoms with Gasteiger partial charge in [-0.05, 0) is 39.5 Å². The Kier molecular flexibility index (Phi) is 3.44. The van der Waals surface area contributed by atoms with Crippen LogP contribution in [0.1, 0.15) is 53.4 Å². The molecule has 1 saturated carbocycles. The molecule has 2 atom stereocenters. The van der Waals surface area contributed by atoms with Crippen LogP contribution < -0.4 is 5.73 Å². The van der Waals surface area contributed by atoms with E-state index in [0.29, 0.717) is 0 Å². The molecule has 0 radical (unpaired) electrons. The van der Waals surface area contributed by atoms with Crippen molar-refractivity contribution in [3.8, 4) is 0 Å². The fourth-order valence-electron chi connectivity index (χ4n) is 2.05. The molecular formula is C12H23NO2. The van der Waals surface area contributed by atoms with E-state index in [-0.39, 0.29) is 11.9 Å². The van der Waals surface area contributed by atoms with Gasteiger partial charge in [-0.2, -0.15) is 0 Å². The van der Waals surface area contributed by atoms with Crippen LogP contribution in [0.3, 0.4) is 0 Å². The van der Waals surface area contributed by atoms with Crippen LogP contribution in [0.5, 0.6) is 0 Å². The molecule has 15 heavy (non-hydrogen) atoms. The summed E-state index contributed by atoms with van der Waals surface area (Å²) in [4.78, 5) is 12.0. The number of hydrogen-bond acceptors (Lipinski definition) is 3. The maximum absolute atomic E-state index is 12.0. The van der Waals surface area contributed by atoms with Crippen molar-refractivity contribution in [1.82, 2.24) is 0 Å². The lowest BCUT2D eigenvalue weighted by Gasteiger charge is -2.38. The molecule has 0 aromatic carbocycles. The molecule has 3 heteroatoms. The second kappa shape index (κ2) is 4.12. The lowest BCUT2D eigenvalue weighted by Crippen LogP contribution is -2.56. The van der Waals surface area contributed by atoms with Crippen molar-refractivity contribution in [2.45, 2.75) is 64.5 Å². The minimum atomic E-state index is -0.758. The smallest absolute Gasteiger partial charge is 0.326 e. The molecule has 0 saturated heterocycles. The minimum Gasteiger partial charge on any atom is -0.459 e. The van der Waals surface area contributed by atoms with Gasteiger partial charge in [0.2, 0.25) is 0 Å². The third kappa shape index (κ3) is 2.94. The summed E-state index contributed by atoms with van der Waals surface area (Å²) in [7, 11) is 0. The number of carbonyl (C=O) groups excluding carboxylic acids is 1. The summed E-state index contributed by atoms with van der Waals surface area (Å²) in [6.45, 7) is 7.67. The molecule has 88 valence electrons. The van der Waals surface area contributed by atoms with E-state index in [1.54, 1.807) is 0 Å². The highest BCUT2D eigenvalue weighted by atomic mass is 16.6. The van der Waals surface area contributed by atoms with E-state index >= 15 is 0 Å². The Balaban J connectivity index is 2.71. The number of esters is 1. The Morgan fingerprint density at radius 3 is 2.47 bits per heavy atom. The topological polar surface area (TPSA) is 52.3 Å². The fraction of sp³-hybridized carbons (Fsp3) is 0.917. The Labute approximate surface area is 92.4 Å². The molecule has 0 bridgehead atoms. The SMILES string of the molecule is C[C@@H]1CCCC[C@@]1(N)C(=O)OC(C)(C)C. The number of hydrogen-bond donors (Lipinski definition) is 1. The Bertz CT molecular complexity index is 244.